The van der Waals surface area contributed by atoms with E-state index in [1.54, 1.807) is 19.1 Å². The quantitative estimate of drug-likeness (QED) is 0.609. The molecule has 0 radical (unpaired) electrons. The highest BCUT2D eigenvalue weighted by atomic mass is 16.4. The average Bonchev–Trinajstić information content (AvgIpc) is 3.49. The van der Waals surface area contributed by atoms with Crippen molar-refractivity contribution >= 4 is 11.8 Å². The van der Waals surface area contributed by atoms with Crippen molar-refractivity contribution in [1.29, 1.82) is 0 Å². The first kappa shape index (κ1) is 21.7. The zero-order valence-electron chi connectivity index (χ0n) is 18.6. The van der Waals surface area contributed by atoms with Crippen LogP contribution in [0, 0.1) is 26.7 Å². The van der Waals surface area contributed by atoms with Gasteiger partial charge in [-0.1, -0.05) is 18.2 Å². The van der Waals surface area contributed by atoms with Crippen LogP contribution in [0.3, 0.4) is 0 Å². The number of aromatic nitrogens is 4. The molecule has 3 aromatic rings. The topological polar surface area (TPSA) is 106 Å². The second-order valence-corrected chi connectivity index (χ2v) is 8.30. The van der Waals surface area contributed by atoms with Crippen LogP contribution in [0.5, 0.6) is 0 Å². The van der Waals surface area contributed by atoms with Crippen LogP contribution in [0.25, 0.3) is 0 Å². The third kappa shape index (κ3) is 4.87. The van der Waals surface area contributed by atoms with E-state index in [2.05, 4.69) is 20.6 Å². The van der Waals surface area contributed by atoms with Gasteiger partial charge in [0.15, 0.2) is 0 Å². The molecule has 32 heavy (non-hydrogen) atoms. The van der Waals surface area contributed by atoms with Crippen LogP contribution in [0.15, 0.2) is 40.8 Å². The van der Waals surface area contributed by atoms with Gasteiger partial charge in [-0.3, -0.25) is 14.3 Å². The van der Waals surface area contributed by atoms with Gasteiger partial charge in [0.2, 0.25) is 17.7 Å². The van der Waals surface area contributed by atoms with E-state index in [1.807, 2.05) is 47.7 Å². The molecule has 1 N–H and O–H groups in total. The van der Waals surface area contributed by atoms with Crippen molar-refractivity contribution in [3.8, 4) is 0 Å². The van der Waals surface area contributed by atoms with Crippen LogP contribution in [0.2, 0.25) is 0 Å². The number of amides is 2. The van der Waals surface area contributed by atoms with Crippen LogP contribution in [-0.4, -0.2) is 56.3 Å². The molecule has 1 aliphatic rings. The Labute approximate surface area is 186 Å². The number of likely N-dealkylation sites (tertiary alicyclic amines) is 1. The smallest absolute Gasteiger partial charge is 0.251 e. The van der Waals surface area contributed by atoms with E-state index in [-0.39, 0.29) is 23.7 Å². The summed E-state index contributed by atoms with van der Waals surface area (Å²) in [4.78, 5) is 27.3. The Morgan fingerprint density at radius 1 is 1.12 bits per heavy atom. The van der Waals surface area contributed by atoms with Gasteiger partial charge in [-0.25, -0.2) is 0 Å². The molecule has 1 aliphatic heterocycles. The van der Waals surface area contributed by atoms with E-state index in [1.165, 1.54) is 0 Å². The molecule has 1 fully saturated rings. The fourth-order valence-corrected chi connectivity index (χ4v) is 4.20. The highest BCUT2D eigenvalue weighted by Crippen LogP contribution is 2.32. The van der Waals surface area contributed by atoms with E-state index in [4.69, 9.17) is 4.42 Å². The van der Waals surface area contributed by atoms with Crippen molar-refractivity contribution in [2.45, 2.75) is 39.7 Å². The van der Waals surface area contributed by atoms with Gasteiger partial charge in [-0.15, -0.1) is 10.2 Å². The second-order valence-electron chi connectivity index (χ2n) is 8.30. The molecule has 9 heteroatoms. The molecule has 1 saturated heterocycles. The summed E-state index contributed by atoms with van der Waals surface area (Å²) >= 11 is 0. The summed E-state index contributed by atoms with van der Waals surface area (Å²) in [6.45, 7) is 7.64. The molecule has 0 bridgehead atoms. The third-order valence-corrected chi connectivity index (χ3v) is 5.85. The first-order chi connectivity index (χ1) is 15.4. The predicted octanol–water partition coefficient (Wildman–Crippen LogP) is 2.25. The molecule has 2 amide bonds. The van der Waals surface area contributed by atoms with Gasteiger partial charge in [0, 0.05) is 56.7 Å². The highest BCUT2D eigenvalue weighted by Gasteiger charge is 2.39. The first-order valence-electron chi connectivity index (χ1n) is 10.8. The Morgan fingerprint density at radius 2 is 1.91 bits per heavy atom. The van der Waals surface area contributed by atoms with Gasteiger partial charge < -0.3 is 14.6 Å². The van der Waals surface area contributed by atoms with E-state index in [0.29, 0.717) is 49.9 Å². The lowest BCUT2D eigenvalue weighted by molar-refractivity contribution is -0.130. The van der Waals surface area contributed by atoms with E-state index < -0.39 is 0 Å². The van der Waals surface area contributed by atoms with Crippen molar-refractivity contribution in [2.75, 3.05) is 19.6 Å². The molecule has 2 atom stereocenters. The summed E-state index contributed by atoms with van der Waals surface area (Å²) in [7, 11) is 0. The minimum Gasteiger partial charge on any atom is -0.425 e. The third-order valence-electron chi connectivity index (χ3n) is 5.85. The number of hydrogen-bond donors (Lipinski definition) is 1. The zero-order chi connectivity index (χ0) is 22.7. The summed E-state index contributed by atoms with van der Waals surface area (Å²) in [6.07, 6.45) is 0.362. The van der Waals surface area contributed by atoms with Crippen LogP contribution in [0.4, 0.5) is 0 Å². The van der Waals surface area contributed by atoms with Crippen molar-refractivity contribution in [1.82, 2.24) is 30.2 Å². The van der Waals surface area contributed by atoms with Gasteiger partial charge in [-0.05, 0) is 32.0 Å². The van der Waals surface area contributed by atoms with Crippen LogP contribution in [-0.2, 0) is 11.3 Å². The molecule has 0 aliphatic carbocycles. The Kier molecular flexibility index (Phi) is 6.34. The monoisotopic (exact) mass is 436 g/mol. The maximum atomic E-state index is 13.0. The fourth-order valence-electron chi connectivity index (χ4n) is 4.20. The Hall–Kier alpha value is -3.49. The van der Waals surface area contributed by atoms with Crippen molar-refractivity contribution < 1.29 is 14.0 Å². The average molecular weight is 437 g/mol. The predicted molar refractivity (Wildman–Crippen MR) is 117 cm³/mol. The first-order valence-corrected chi connectivity index (χ1v) is 10.8. The van der Waals surface area contributed by atoms with Crippen molar-refractivity contribution in [3.05, 3.63) is 65.1 Å². The molecule has 0 saturated carbocycles. The largest absolute Gasteiger partial charge is 0.425 e. The lowest BCUT2D eigenvalue weighted by atomic mass is 9.96. The molecule has 2 aromatic heterocycles. The number of rotatable bonds is 7. The standard InChI is InChI=1S/C23H28N6O3/c1-15-11-16(2)29(27-15)10-9-21(30)28-13-19(20(14-28)23-26-25-17(3)32-23)12-24-22(31)18-7-5-4-6-8-18/h4-8,11,19-20H,9-10,12-14H2,1-3H3,(H,24,31)/t19-,20-/m0/s1. The summed E-state index contributed by atoms with van der Waals surface area (Å²) < 4.78 is 7.54. The van der Waals surface area contributed by atoms with Gasteiger partial charge >= 0.3 is 0 Å². The molecule has 3 heterocycles. The Balaban J connectivity index is 1.41. The van der Waals surface area contributed by atoms with Crippen LogP contribution in [0.1, 0.15) is 45.9 Å². The highest BCUT2D eigenvalue weighted by molar-refractivity contribution is 5.94. The lowest BCUT2D eigenvalue weighted by Crippen LogP contribution is -2.33. The number of carbonyl (C=O) groups excluding carboxylic acids is 2. The normalized spacial score (nSPS) is 18.2. The molecule has 0 spiro atoms. The fraction of sp³-hybridized carbons (Fsp3) is 0.435. The number of aryl methyl sites for hydroxylation is 4. The summed E-state index contributed by atoms with van der Waals surface area (Å²) in [5.41, 5.74) is 2.59. The Bertz CT molecular complexity index is 1090. The SMILES string of the molecule is Cc1cc(C)n(CCC(=O)N2C[C@H](CNC(=O)c3ccccc3)[C@@H](c3nnc(C)o3)C2)n1. The number of benzene rings is 1. The van der Waals surface area contributed by atoms with Gasteiger partial charge in [0.05, 0.1) is 11.6 Å². The maximum absolute atomic E-state index is 13.0. The van der Waals surface area contributed by atoms with Crippen molar-refractivity contribution in [2.24, 2.45) is 5.92 Å². The van der Waals surface area contributed by atoms with Crippen LogP contribution >= 0.6 is 0 Å². The van der Waals surface area contributed by atoms with E-state index >= 15 is 0 Å². The molecule has 1 aromatic carbocycles. The minimum atomic E-state index is -0.139. The lowest BCUT2D eigenvalue weighted by Gasteiger charge is -2.17. The molecule has 9 nitrogen and oxygen atoms in total. The number of hydrogen-bond acceptors (Lipinski definition) is 6. The Morgan fingerprint density at radius 3 is 2.56 bits per heavy atom. The van der Waals surface area contributed by atoms with Crippen LogP contribution < -0.4 is 5.32 Å². The van der Waals surface area contributed by atoms with Crippen molar-refractivity contribution in [3.63, 3.8) is 0 Å². The molecule has 0 unspecified atom stereocenters. The summed E-state index contributed by atoms with van der Waals surface area (Å²) in [6, 6.07) is 11.1. The maximum Gasteiger partial charge on any atom is 0.251 e. The summed E-state index contributed by atoms with van der Waals surface area (Å²) in [5.74, 6) is 0.776. The number of nitrogens with one attached hydrogen (secondary N) is 1. The van der Waals surface area contributed by atoms with Gasteiger partial charge in [-0.2, -0.15) is 5.10 Å². The second kappa shape index (κ2) is 9.33. The molecule has 4 rings (SSSR count). The molecular weight excluding hydrogens is 408 g/mol. The number of carbonyl (C=O) groups is 2. The molecular formula is C23H28N6O3. The summed E-state index contributed by atoms with van der Waals surface area (Å²) in [5, 5.41) is 15.6. The number of nitrogens with zero attached hydrogens (tertiary/aromatic N) is 5. The van der Waals surface area contributed by atoms with Gasteiger partial charge in [0.1, 0.15) is 0 Å². The minimum absolute atomic E-state index is 0.0138. The van der Waals surface area contributed by atoms with Gasteiger partial charge in [0.25, 0.3) is 5.91 Å². The molecule has 168 valence electrons. The van der Waals surface area contributed by atoms with E-state index in [0.717, 1.165) is 11.4 Å². The van der Waals surface area contributed by atoms with E-state index in [9.17, 15) is 9.59 Å². The zero-order valence-corrected chi connectivity index (χ0v) is 18.6.